The van der Waals surface area contributed by atoms with Crippen LogP contribution in [0.15, 0.2) is 36.4 Å². The van der Waals surface area contributed by atoms with E-state index in [1.807, 2.05) is 32.0 Å². The molecule has 1 aliphatic heterocycles. The van der Waals surface area contributed by atoms with Crippen molar-refractivity contribution in [2.24, 2.45) is 0 Å². The lowest BCUT2D eigenvalue weighted by Gasteiger charge is -2.14. The van der Waals surface area contributed by atoms with Gasteiger partial charge in [0.1, 0.15) is 11.6 Å². The average molecular weight is 446 g/mol. The van der Waals surface area contributed by atoms with Gasteiger partial charge in [-0.3, -0.25) is 4.79 Å². The average Bonchev–Trinajstić information content (AvgIpc) is 3.14. The third-order valence-electron chi connectivity index (χ3n) is 5.01. The van der Waals surface area contributed by atoms with Crippen molar-refractivity contribution in [3.63, 3.8) is 0 Å². The number of aryl methyl sites for hydroxylation is 2. The fourth-order valence-electron chi connectivity index (χ4n) is 3.62. The van der Waals surface area contributed by atoms with Gasteiger partial charge >= 0.3 is 0 Å². The number of amides is 1. The van der Waals surface area contributed by atoms with Crippen molar-refractivity contribution in [1.82, 2.24) is 9.78 Å². The highest BCUT2D eigenvalue weighted by molar-refractivity contribution is 7.90. The zero-order valence-corrected chi connectivity index (χ0v) is 18.3. The smallest absolute Gasteiger partial charge is 0.260 e. The second-order valence-electron chi connectivity index (χ2n) is 7.31. The molecule has 9 heteroatoms. The van der Waals surface area contributed by atoms with Crippen LogP contribution < -0.4 is 10.1 Å². The maximum Gasteiger partial charge on any atom is 0.260 e. The summed E-state index contributed by atoms with van der Waals surface area (Å²) < 4.78 is 31.2. The first kappa shape index (κ1) is 20.4. The Morgan fingerprint density at radius 3 is 2.63 bits per heavy atom. The van der Waals surface area contributed by atoms with Crippen molar-refractivity contribution < 1.29 is 17.9 Å². The minimum absolute atomic E-state index is 0.149. The van der Waals surface area contributed by atoms with E-state index in [1.54, 1.807) is 16.8 Å². The van der Waals surface area contributed by atoms with E-state index in [0.717, 1.165) is 16.8 Å². The summed E-state index contributed by atoms with van der Waals surface area (Å²) in [6, 6.07) is 10.6. The molecule has 3 aromatic rings. The fourth-order valence-corrected chi connectivity index (χ4v) is 5.29. The summed E-state index contributed by atoms with van der Waals surface area (Å²) in [5.74, 6) is -0.0877. The lowest BCUT2D eigenvalue weighted by Crippen LogP contribution is -2.18. The SMILES string of the molecule is COc1ccc(Cl)cc1C(=O)Nc1c2c(nn1-c1ccc(C)cc1C)CS(=O)(=O)C2. The van der Waals surface area contributed by atoms with Gasteiger partial charge in [0.25, 0.3) is 5.91 Å². The Balaban J connectivity index is 1.83. The number of hydrogen-bond donors (Lipinski definition) is 1. The molecule has 0 atom stereocenters. The molecule has 1 amide bonds. The van der Waals surface area contributed by atoms with Crippen molar-refractivity contribution in [3.8, 4) is 11.4 Å². The van der Waals surface area contributed by atoms with Crippen molar-refractivity contribution >= 4 is 33.2 Å². The van der Waals surface area contributed by atoms with Crippen LogP contribution in [0, 0.1) is 13.8 Å². The van der Waals surface area contributed by atoms with Crippen LogP contribution in [0.25, 0.3) is 5.69 Å². The van der Waals surface area contributed by atoms with Crippen molar-refractivity contribution in [1.29, 1.82) is 0 Å². The number of benzene rings is 2. The van der Waals surface area contributed by atoms with Crippen molar-refractivity contribution in [3.05, 3.63) is 69.4 Å². The summed E-state index contributed by atoms with van der Waals surface area (Å²) in [6.45, 7) is 3.93. The Labute approximate surface area is 179 Å². The van der Waals surface area contributed by atoms with E-state index >= 15 is 0 Å². The van der Waals surface area contributed by atoms with Crippen LogP contribution in [0.5, 0.6) is 5.75 Å². The van der Waals surface area contributed by atoms with Gasteiger partial charge in [-0.2, -0.15) is 5.10 Å². The normalized spacial score (nSPS) is 14.4. The van der Waals surface area contributed by atoms with E-state index < -0.39 is 15.7 Å². The summed E-state index contributed by atoms with van der Waals surface area (Å²) in [6.07, 6.45) is 0. The van der Waals surface area contributed by atoms with E-state index in [-0.39, 0.29) is 17.1 Å². The minimum atomic E-state index is -3.29. The lowest BCUT2D eigenvalue weighted by molar-refractivity contribution is 0.102. The summed E-state index contributed by atoms with van der Waals surface area (Å²) in [5.41, 5.74) is 4.00. The first-order chi connectivity index (χ1) is 14.2. The molecule has 2 heterocycles. The zero-order chi connectivity index (χ0) is 21.6. The van der Waals surface area contributed by atoms with Gasteiger partial charge < -0.3 is 10.1 Å². The summed E-state index contributed by atoms with van der Waals surface area (Å²) in [7, 11) is -1.83. The van der Waals surface area contributed by atoms with E-state index in [2.05, 4.69) is 10.4 Å². The first-order valence-electron chi connectivity index (χ1n) is 9.22. The van der Waals surface area contributed by atoms with Crippen LogP contribution in [-0.2, 0) is 21.3 Å². The van der Waals surface area contributed by atoms with E-state index in [4.69, 9.17) is 16.3 Å². The maximum absolute atomic E-state index is 13.1. The highest BCUT2D eigenvalue weighted by Gasteiger charge is 2.33. The first-order valence-corrected chi connectivity index (χ1v) is 11.4. The lowest BCUT2D eigenvalue weighted by atomic mass is 10.1. The van der Waals surface area contributed by atoms with Crippen LogP contribution in [-0.4, -0.2) is 31.2 Å². The number of sulfone groups is 1. The van der Waals surface area contributed by atoms with Crippen LogP contribution >= 0.6 is 11.6 Å². The second kappa shape index (κ2) is 7.45. The number of ether oxygens (including phenoxy) is 1. The highest BCUT2D eigenvalue weighted by atomic mass is 35.5. The van der Waals surface area contributed by atoms with E-state index in [0.29, 0.717) is 27.8 Å². The summed E-state index contributed by atoms with van der Waals surface area (Å²) >= 11 is 6.06. The number of rotatable bonds is 4. The molecule has 0 bridgehead atoms. The third-order valence-corrected chi connectivity index (χ3v) is 6.68. The van der Waals surface area contributed by atoms with Gasteiger partial charge in [-0.05, 0) is 43.7 Å². The number of nitrogens with zero attached hydrogens (tertiary/aromatic N) is 2. The Morgan fingerprint density at radius 2 is 1.93 bits per heavy atom. The predicted molar refractivity (Wildman–Crippen MR) is 115 cm³/mol. The Morgan fingerprint density at radius 1 is 1.17 bits per heavy atom. The molecule has 0 spiro atoms. The molecular weight excluding hydrogens is 426 g/mol. The van der Waals surface area contributed by atoms with Crippen LogP contribution in [0.2, 0.25) is 5.02 Å². The minimum Gasteiger partial charge on any atom is -0.496 e. The monoisotopic (exact) mass is 445 g/mol. The summed E-state index contributed by atoms with van der Waals surface area (Å²) in [5, 5.41) is 7.75. The van der Waals surface area contributed by atoms with Gasteiger partial charge in [0.2, 0.25) is 0 Å². The topological polar surface area (TPSA) is 90.3 Å². The molecule has 0 unspecified atom stereocenters. The molecule has 156 valence electrons. The highest BCUT2D eigenvalue weighted by Crippen LogP contribution is 2.34. The van der Waals surface area contributed by atoms with E-state index in [1.165, 1.54) is 13.2 Å². The maximum atomic E-state index is 13.1. The van der Waals surface area contributed by atoms with E-state index in [9.17, 15) is 13.2 Å². The van der Waals surface area contributed by atoms with Crippen LogP contribution in [0.3, 0.4) is 0 Å². The molecule has 0 saturated carbocycles. The number of methoxy groups -OCH3 is 1. The molecule has 2 aromatic carbocycles. The molecule has 7 nitrogen and oxygen atoms in total. The molecule has 1 N–H and O–H groups in total. The van der Waals surface area contributed by atoms with Gasteiger partial charge in [0.15, 0.2) is 9.84 Å². The quantitative estimate of drug-likeness (QED) is 0.659. The Bertz CT molecular complexity index is 1280. The Hall–Kier alpha value is -2.84. The summed E-state index contributed by atoms with van der Waals surface area (Å²) in [4.78, 5) is 13.1. The number of carbonyl (C=O) groups excluding carboxylic acids is 1. The fraction of sp³-hybridized carbons (Fsp3) is 0.238. The predicted octanol–water partition coefficient (Wildman–Crippen LogP) is 3.83. The molecule has 0 aliphatic carbocycles. The zero-order valence-electron chi connectivity index (χ0n) is 16.7. The number of carbonyl (C=O) groups is 1. The number of hydrogen-bond acceptors (Lipinski definition) is 5. The van der Waals surface area contributed by atoms with Gasteiger partial charge in [0.05, 0.1) is 35.6 Å². The number of anilines is 1. The standard InChI is InChI=1S/C21H20ClN3O4S/c1-12-4-6-18(13(2)8-12)25-20(16-10-30(27,28)11-17(16)24-25)23-21(26)15-9-14(22)5-7-19(15)29-3/h4-9H,10-11H2,1-3H3,(H,23,26). The molecule has 4 rings (SSSR count). The molecule has 30 heavy (non-hydrogen) atoms. The molecule has 0 saturated heterocycles. The van der Waals surface area contributed by atoms with Crippen LogP contribution in [0.1, 0.15) is 32.7 Å². The number of aromatic nitrogens is 2. The van der Waals surface area contributed by atoms with Gasteiger partial charge in [0, 0.05) is 10.6 Å². The largest absolute Gasteiger partial charge is 0.496 e. The molecule has 0 fully saturated rings. The molecular formula is C21H20ClN3O4S. The second-order valence-corrected chi connectivity index (χ2v) is 9.81. The van der Waals surface area contributed by atoms with Gasteiger partial charge in [-0.15, -0.1) is 0 Å². The molecule has 1 aromatic heterocycles. The van der Waals surface area contributed by atoms with Crippen LogP contribution in [0.4, 0.5) is 5.82 Å². The molecule has 1 aliphatic rings. The molecule has 0 radical (unpaired) electrons. The number of halogens is 1. The third kappa shape index (κ3) is 3.68. The number of fused-ring (bicyclic) bond motifs is 1. The Kier molecular flexibility index (Phi) is 5.07. The van der Waals surface area contributed by atoms with Gasteiger partial charge in [-0.1, -0.05) is 29.3 Å². The number of nitrogens with one attached hydrogen (secondary N) is 1. The van der Waals surface area contributed by atoms with Crippen molar-refractivity contribution in [2.75, 3.05) is 12.4 Å². The van der Waals surface area contributed by atoms with Crippen molar-refractivity contribution in [2.45, 2.75) is 25.4 Å². The van der Waals surface area contributed by atoms with Gasteiger partial charge in [-0.25, -0.2) is 13.1 Å².